The van der Waals surface area contributed by atoms with Gasteiger partial charge in [-0.2, -0.15) is 0 Å². The van der Waals surface area contributed by atoms with Crippen LogP contribution < -0.4 is 5.32 Å². The minimum atomic E-state index is -0.416. The van der Waals surface area contributed by atoms with E-state index in [-0.39, 0.29) is 11.3 Å². The molecule has 1 rings (SSSR count). The van der Waals surface area contributed by atoms with E-state index in [1.54, 1.807) is 0 Å². The number of piperidine rings is 1. The van der Waals surface area contributed by atoms with Crippen molar-refractivity contribution in [2.75, 3.05) is 33.3 Å². The summed E-state index contributed by atoms with van der Waals surface area (Å²) in [5.41, 5.74) is 0.0967. The Labute approximate surface area is 98.0 Å². The Morgan fingerprint density at radius 3 is 2.81 bits per heavy atom. The van der Waals surface area contributed by atoms with E-state index in [4.69, 9.17) is 5.11 Å². The fraction of sp³-hybridized carbons (Fsp3) is 0.917. The van der Waals surface area contributed by atoms with Crippen LogP contribution in [0.2, 0.25) is 0 Å². The largest absolute Gasteiger partial charge is 0.387 e. The molecule has 1 heterocycles. The average Bonchev–Trinajstić information content (AvgIpc) is 2.26. The summed E-state index contributed by atoms with van der Waals surface area (Å²) in [6.45, 7) is 6.88. The molecule has 94 valence electrons. The molecule has 0 aromatic heterocycles. The van der Waals surface area contributed by atoms with Crippen LogP contribution in [0.5, 0.6) is 0 Å². The zero-order valence-corrected chi connectivity index (χ0v) is 10.6. The number of carbonyl (C=O) groups is 1. The molecule has 1 atom stereocenters. The molecule has 4 nitrogen and oxygen atoms in total. The molecule has 0 radical (unpaired) electrons. The fourth-order valence-electron chi connectivity index (χ4n) is 2.33. The molecule has 0 bridgehead atoms. The van der Waals surface area contributed by atoms with E-state index >= 15 is 0 Å². The smallest absolute Gasteiger partial charge is 0.245 e. The quantitative estimate of drug-likeness (QED) is 0.735. The third-order valence-electron chi connectivity index (χ3n) is 3.61. The van der Waals surface area contributed by atoms with Gasteiger partial charge in [0.25, 0.3) is 0 Å². The molecular formula is C12H24N2O2. The van der Waals surface area contributed by atoms with Gasteiger partial charge in [0, 0.05) is 13.1 Å². The van der Waals surface area contributed by atoms with Crippen LogP contribution in [0.1, 0.15) is 26.7 Å². The van der Waals surface area contributed by atoms with Gasteiger partial charge in [0.15, 0.2) is 0 Å². The summed E-state index contributed by atoms with van der Waals surface area (Å²) in [6.07, 6.45) is 2.46. The molecule has 4 heteroatoms. The summed E-state index contributed by atoms with van der Waals surface area (Å²) in [4.78, 5) is 13.4. The maximum Gasteiger partial charge on any atom is 0.245 e. The zero-order valence-electron chi connectivity index (χ0n) is 10.6. The Bertz CT molecular complexity index is 241. The third-order valence-corrected chi connectivity index (χ3v) is 3.61. The lowest BCUT2D eigenvalue weighted by Crippen LogP contribution is -2.45. The predicted octanol–water partition coefficient (Wildman–Crippen LogP) is 0.463. The number of hydrogen-bond acceptors (Lipinski definition) is 3. The predicted molar refractivity (Wildman–Crippen MR) is 64.1 cm³/mol. The molecule has 1 fully saturated rings. The second kappa shape index (κ2) is 5.64. The maximum absolute atomic E-state index is 11.0. The normalized spacial score (nSPS) is 23.1. The Morgan fingerprint density at radius 2 is 2.25 bits per heavy atom. The van der Waals surface area contributed by atoms with Crippen LogP contribution >= 0.6 is 0 Å². The van der Waals surface area contributed by atoms with E-state index in [2.05, 4.69) is 31.1 Å². The fourth-order valence-corrected chi connectivity index (χ4v) is 2.33. The molecule has 0 aliphatic carbocycles. The minimum Gasteiger partial charge on any atom is -0.387 e. The van der Waals surface area contributed by atoms with Crippen molar-refractivity contribution in [1.29, 1.82) is 0 Å². The van der Waals surface area contributed by atoms with Gasteiger partial charge in [-0.05, 0) is 37.8 Å². The summed E-state index contributed by atoms with van der Waals surface area (Å²) in [5, 5.41) is 11.4. The first kappa shape index (κ1) is 13.5. The van der Waals surface area contributed by atoms with Crippen molar-refractivity contribution in [3.05, 3.63) is 0 Å². The second-order valence-corrected chi connectivity index (χ2v) is 5.52. The minimum absolute atomic E-state index is 0.0967. The SMILES string of the molecule is CN1CCCC(C(C)(C)CNC(=O)CO)C1. The van der Waals surface area contributed by atoms with Gasteiger partial charge >= 0.3 is 0 Å². The maximum atomic E-state index is 11.0. The van der Waals surface area contributed by atoms with Crippen molar-refractivity contribution < 1.29 is 9.90 Å². The molecule has 1 unspecified atom stereocenters. The standard InChI is InChI=1S/C12H24N2O2/c1-12(2,9-13-11(16)8-15)10-5-4-6-14(3)7-10/h10,15H,4-9H2,1-3H3,(H,13,16). The lowest BCUT2D eigenvalue weighted by Gasteiger charge is -2.40. The van der Waals surface area contributed by atoms with Crippen molar-refractivity contribution in [1.82, 2.24) is 10.2 Å². The monoisotopic (exact) mass is 228 g/mol. The summed E-state index contributed by atoms with van der Waals surface area (Å²) in [5.74, 6) is 0.336. The summed E-state index contributed by atoms with van der Waals surface area (Å²) in [6, 6.07) is 0. The summed E-state index contributed by atoms with van der Waals surface area (Å²) in [7, 11) is 2.15. The molecule has 0 saturated carbocycles. The van der Waals surface area contributed by atoms with E-state index in [0.717, 1.165) is 6.54 Å². The number of nitrogens with zero attached hydrogens (tertiary/aromatic N) is 1. The van der Waals surface area contributed by atoms with Crippen LogP contribution in [0.15, 0.2) is 0 Å². The number of hydrogen-bond donors (Lipinski definition) is 2. The summed E-state index contributed by atoms with van der Waals surface area (Å²) < 4.78 is 0. The van der Waals surface area contributed by atoms with Crippen LogP contribution in [0, 0.1) is 11.3 Å². The molecule has 0 aromatic carbocycles. The van der Waals surface area contributed by atoms with E-state index in [1.807, 2.05) is 0 Å². The number of aliphatic hydroxyl groups excluding tert-OH is 1. The summed E-state index contributed by atoms with van der Waals surface area (Å²) >= 11 is 0. The van der Waals surface area contributed by atoms with Crippen molar-refractivity contribution in [3.8, 4) is 0 Å². The Hall–Kier alpha value is -0.610. The first-order valence-corrected chi connectivity index (χ1v) is 6.02. The lowest BCUT2D eigenvalue weighted by molar-refractivity contribution is -0.124. The topological polar surface area (TPSA) is 52.6 Å². The van der Waals surface area contributed by atoms with Crippen LogP contribution in [0.3, 0.4) is 0 Å². The highest BCUT2D eigenvalue weighted by molar-refractivity contribution is 5.76. The van der Waals surface area contributed by atoms with Gasteiger partial charge in [0.05, 0.1) is 0 Å². The first-order chi connectivity index (χ1) is 7.45. The van der Waals surface area contributed by atoms with Gasteiger partial charge in [-0.25, -0.2) is 0 Å². The highest BCUT2D eigenvalue weighted by Crippen LogP contribution is 2.32. The number of aliphatic hydroxyl groups is 1. The molecule has 1 aliphatic heterocycles. The lowest BCUT2D eigenvalue weighted by atomic mass is 9.74. The molecule has 0 aromatic rings. The van der Waals surface area contributed by atoms with Crippen LogP contribution in [-0.4, -0.2) is 49.2 Å². The first-order valence-electron chi connectivity index (χ1n) is 6.02. The molecule has 16 heavy (non-hydrogen) atoms. The number of nitrogens with one attached hydrogen (secondary N) is 1. The second-order valence-electron chi connectivity index (χ2n) is 5.52. The third kappa shape index (κ3) is 3.76. The molecule has 2 N–H and O–H groups in total. The van der Waals surface area contributed by atoms with E-state index in [0.29, 0.717) is 12.5 Å². The van der Waals surface area contributed by atoms with Gasteiger partial charge in [0.1, 0.15) is 6.61 Å². The van der Waals surface area contributed by atoms with Crippen molar-refractivity contribution in [2.24, 2.45) is 11.3 Å². The van der Waals surface area contributed by atoms with Crippen molar-refractivity contribution >= 4 is 5.91 Å². The average molecular weight is 228 g/mol. The number of carbonyl (C=O) groups excluding carboxylic acids is 1. The molecule has 1 aliphatic rings. The van der Waals surface area contributed by atoms with Gasteiger partial charge in [-0.3, -0.25) is 4.79 Å². The number of rotatable bonds is 4. The Balaban J connectivity index is 2.45. The van der Waals surface area contributed by atoms with Gasteiger partial charge in [0.2, 0.25) is 5.91 Å². The van der Waals surface area contributed by atoms with E-state index in [1.165, 1.54) is 19.4 Å². The van der Waals surface area contributed by atoms with E-state index < -0.39 is 6.61 Å². The van der Waals surface area contributed by atoms with E-state index in [9.17, 15) is 4.79 Å². The van der Waals surface area contributed by atoms with Crippen molar-refractivity contribution in [3.63, 3.8) is 0 Å². The molecule has 1 saturated heterocycles. The zero-order chi connectivity index (χ0) is 12.2. The highest BCUT2D eigenvalue weighted by Gasteiger charge is 2.32. The van der Waals surface area contributed by atoms with Gasteiger partial charge < -0.3 is 15.3 Å². The van der Waals surface area contributed by atoms with Crippen molar-refractivity contribution in [2.45, 2.75) is 26.7 Å². The molecule has 0 spiro atoms. The number of likely N-dealkylation sites (tertiary alicyclic amines) is 1. The Morgan fingerprint density at radius 1 is 1.56 bits per heavy atom. The molecular weight excluding hydrogens is 204 g/mol. The van der Waals surface area contributed by atoms with Gasteiger partial charge in [-0.15, -0.1) is 0 Å². The van der Waals surface area contributed by atoms with Crippen LogP contribution in [0.25, 0.3) is 0 Å². The number of amides is 1. The van der Waals surface area contributed by atoms with Crippen LogP contribution in [-0.2, 0) is 4.79 Å². The Kier molecular flexibility index (Phi) is 4.74. The van der Waals surface area contributed by atoms with Crippen LogP contribution in [0.4, 0.5) is 0 Å². The van der Waals surface area contributed by atoms with Gasteiger partial charge in [-0.1, -0.05) is 13.8 Å². The highest BCUT2D eigenvalue weighted by atomic mass is 16.3. The molecule has 1 amide bonds.